The van der Waals surface area contributed by atoms with E-state index in [-0.39, 0.29) is 17.9 Å². The van der Waals surface area contributed by atoms with Gasteiger partial charge < -0.3 is 10.2 Å². The summed E-state index contributed by atoms with van der Waals surface area (Å²) in [5.74, 6) is -0.0167. The molecule has 1 heterocycles. The number of amides is 2. The van der Waals surface area contributed by atoms with Crippen LogP contribution in [0, 0.1) is 0 Å². The lowest BCUT2D eigenvalue weighted by Crippen LogP contribution is -2.42. The standard InChI is InChI=1S/C18H24N2O2/c1-2-3-12-20-16(17(21)19-13-8-4-5-9-13)14-10-6-7-11-15(14)18(20)22/h6-7,10-11,13,16H,2-5,8-9,12H2,1H3,(H,19,21)/t16-/m0/s1. The maximum absolute atomic E-state index is 12.8. The van der Waals surface area contributed by atoms with Crippen molar-refractivity contribution in [2.75, 3.05) is 6.54 Å². The number of nitrogens with zero attached hydrogens (tertiary/aromatic N) is 1. The highest BCUT2D eigenvalue weighted by Gasteiger charge is 2.40. The Morgan fingerprint density at radius 1 is 1.27 bits per heavy atom. The lowest BCUT2D eigenvalue weighted by molar-refractivity contribution is -0.126. The molecule has 0 spiro atoms. The molecule has 4 heteroatoms. The minimum atomic E-state index is -0.448. The van der Waals surface area contributed by atoms with Crippen LogP contribution in [0.2, 0.25) is 0 Å². The zero-order valence-electron chi connectivity index (χ0n) is 13.2. The van der Waals surface area contributed by atoms with Crippen molar-refractivity contribution in [3.63, 3.8) is 0 Å². The molecule has 1 aromatic carbocycles. The normalized spacial score (nSPS) is 21.2. The third kappa shape index (κ3) is 2.74. The smallest absolute Gasteiger partial charge is 0.255 e. The molecule has 2 amide bonds. The summed E-state index contributed by atoms with van der Waals surface area (Å²) in [6.07, 6.45) is 6.42. The van der Waals surface area contributed by atoms with Gasteiger partial charge in [0.25, 0.3) is 5.91 Å². The van der Waals surface area contributed by atoms with Gasteiger partial charge in [-0.05, 0) is 30.9 Å². The first-order chi connectivity index (χ1) is 10.7. The van der Waals surface area contributed by atoms with Gasteiger partial charge >= 0.3 is 0 Å². The van der Waals surface area contributed by atoms with E-state index in [1.807, 2.05) is 24.3 Å². The van der Waals surface area contributed by atoms with Gasteiger partial charge in [0, 0.05) is 18.2 Å². The van der Waals surface area contributed by atoms with Crippen LogP contribution >= 0.6 is 0 Å². The number of unbranched alkanes of at least 4 members (excludes halogenated alkanes) is 1. The predicted molar refractivity (Wildman–Crippen MR) is 85.5 cm³/mol. The number of carbonyl (C=O) groups is 2. The lowest BCUT2D eigenvalue weighted by Gasteiger charge is -2.26. The van der Waals surface area contributed by atoms with Crippen LogP contribution in [-0.2, 0) is 4.79 Å². The summed E-state index contributed by atoms with van der Waals surface area (Å²) < 4.78 is 0. The molecule has 0 bridgehead atoms. The Morgan fingerprint density at radius 2 is 2.00 bits per heavy atom. The summed E-state index contributed by atoms with van der Waals surface area (Å²) in [7, 11) is 0. The van der Waals surface area contributed by atoms with Crippen molar-refractivity contribution in [2.24, 2.45) is 0 Å². The molecular formula is C18H24N2O2. The van der Waals surface area contributed by atoms with E-state index < -0.39 is 6.04 Å². The minimum Gasteiger partial charge on any atom is -0.351 e. The molecule has 4 nitrogen and oxygen atoms in total. The van der Waals surface area contributed by atoms with E-state index in [2.05, 4.69) is 12.2 Å². The zero-order chi connectivity index (χ0) is 15.5. The fraction of sp³-hybridized carbons (Fsp3) is 0.556. The number of hydrogen-bond acceptors (Lipinski definition) is 2. The van der Waals surface area contributed by atoms with Crippen molar-refractivity contribution in [1.82, 2.24) is 10.2 Å². The molecule has 1 N–H and O–H groups in total. The Labute approximate surface area is 131 Å². The topological polar surface area (TPSA) is 49.4 Å². The average molecular weight is 300 g/mol. The summed E-state index contributed by atoms with van der Waals surface area (Å²) in [5.41, 5.74) is 1.55. The van der Waals surface area contributed by atoms with E-state index >= 15 is 0 Å². The Kier molecular flexibility index (Phi) is 4.46. The van der Waals surface area contributed by atoms with Gasteiger partial charge in [0.15, 0.2) is 0 Å². The maximum atomic E-state index is 12.8. The van der Waals surface area contributed by atoms with E-state index in [1.54, 1.807) is 4.90 Å². The van der Waals surface area contributed by atoms with Gasteiger partial charge in [-0.1, -0.05) is 44.4 Å². The Hall–Kier alpha value is -1.84. The van der Waals surface area contributed by atoms with Crippen LogP contribution < -0.4 is 5.32 Å². The highest BCUT2D eigenvalue weighted by atomic mass is 16.2. The Balaban J connectivity index is 1.83. The second-order valence-electron chi connectivity index (χ2n) is 6.33. The molecule has 0 saturated heterocycles. The summed E-state index contributed by atoms with van der Waals surface area (Å²) >= 11 is 0. The molecule has 22 heavy (non-hydrogen) atoms. The first-order valence-corrected chi connectivity index (χ1v) is 8.42. The SMILES string of the molecule is CCCCN1C(=O)c2ccccc2[C@H]1C(=O)NC1CCCC1. The van der Waals surface area contributed by atoms with Crippen LogP contribution in [-0.4, -0.2) is 29.3 Å². The fourth-order valence-electron chi connectivity index (χ4n) is 3.56. The van der Waals surface area contributed by atoms with Gasteiger partial charge in [0.2, 0.25) is 5.91 Å². The van der Waals surface area contributed by atoms with Crippen molar-refractivity contribution in [3.8, 4) is 0 Å². The molecule has 118 valence electrons. The minimum absolute atomic E-state index is 0.00405. The molecular weight excluding hydrogens is 276 g/mol. The molecule has 1 atom stereocenters. The number of hydrogen-bond donors (Lipinski definition) is 1. The third-order valence-electron chi connectivity index (χ3n) is 4.76. The van der Waals surface area contributed by atoms with Crippen LogP contribution in [0.4, 0.5) is 0 Å². The highest BCUT2D eigenvalue weighted by molar-refractivity contribution is 6.04. The van der Waals surface area contributed by atoms with Crippen molar-refractivity contribution in [3.05, 3.63) is 35.4 Å². The van der Waals surface area contributed by atoms with Gasteiger partial charge in [0.05, 0.1) is 0 Å². The van der Waals surface area contributed by atoms with Crippen molar-refractivity contribution >= 4 is 11.8 Å². The summed E-state index contributed by atoms with van der Waals surface area (Å²) in [4.78, 5) is 27.1. The maximum Gasteiger partial charge on any atom is 0.255 e. The predicted octanol–water partition coefficient (Wildman–Crippen LogP) is 3.04. The number of nitrogens with one attached hydrogen (secondary N) is 1. The lowest BCUT2D eigenvalue weighted by atomic mass is 10.0. The van der Waals surface area contributed by atoms with Crippen LogP contribution in [0.25, 0.3) is 0 Å². The van der Waals surface area contributed by atoms with Gasteiger partial charge in [-0.3, -0.25) is 9.59 Å². The molecule has 3 rings (SSSR count). The van der Waals surface area contributed by atoms with Crippen LogP contribution in [0.5, 0.6) is 0 Å². The monoisotopic (exact) mass is 300 g/mol. The third-order valence-corrected chi connectivity index (χ3v) is 4.76. The zero-order valence-corrected chi connectivity index (χ0v) is 13.2. The van der Waals surface area contributed by atoms with E-state index in [0.717, 1.165) is 31.2 Å². The van der Waals surface area contributed by atoms with E-state index in [1.165, 1.54) is 12.8 Å². The second-order valence-corrected chi connectivity index (χ2v) is 6.33. The molecule has 1 fully saturated rings. The average Bonchev–Trinajstić information content (AvgIpc) is 3.12. The van der Waals surface area contributed by atoms with Gasteiger partial charge in [-0.2, -0.15) is 0 Å². The van der Waals surface area contributed by atoms with Gasteiger partial charge in [0.1, 0.15) is 6.04 Å². The molecule has 2 aliphatic rings. The number of rotatable bonds is 5. The largest absolute Gasteiger partial charge is 0.351 e. The van der Waals surface area contributed by atoms with Gasteiger partial charge in [-0.15, -0.1) is 0 Å². The molecule has 1 aliphatic heterocycles. The molecule has 1 aromatic rings. The Bertz CT molecular complexity index is 564. The highest BCUT2D eigenvalue weighted by Crippen LogP contribution is 2.34. The Morgan fingerprint density at radius 3 is 2.73 bits per heavy atom. The molecule has 1 aliphatic carbocycles. The second kappa shape index (κ2) is 6.51. The fourth-order valence-corrected chi connectivity index (χ4v) is 3.56. The number of benzene rings is 1. The van der Waals surface area contributed by atoms with Crippen molar-refractivity contribution < 1.29 is 9.59 Å². The van der Waals surface area contributed by atoms with E-state index in [4.69, 9.17) is 0 Å². The van der Waals surface area contributed by atoms with Crippen LogP contribution in [0.3, 0.4) is 0 Å². The first-order valence-electron chi connectivity index (χ1n) is 8.42. The molecule has 0 radical (unpaired) electrons. The quantitative estimate of drug-likeness (QED) is 0.908. The summed E-state index contributed by atoms with van der Waals surface area (Å²) in [6.45, 7) is 2.74. The summed E-state index contributed by atoms with van der Waals surface area (Å²) in [5, 5.41) is 3.16. The number of carbonyl (C=O) groups excluding carboxylic acids is 2. The van der Waals surface area contributed by atoms with E-state index in [0.29, 0.717) is 12.1 Å². The van der Waals surface area contributed by atoms with Crippen LogP contribution in [0.1, 0.15) is 67.4 Å². The molecule has 0 unspecified atom stereocenters. The number of fused-ring (bicyclic) bond motifs is 1. The van der Waals surface area contributed by atoms with E-state index in [9.17, 15) is 9.59 Å². The molecule has 1 saturated carbocycles. The van der Waals surface area contributed by atoms with Crippen molar-refractivity contribution in [2.45, 2.75) is 57.5 Å². The summed E-state index contributed by atoms with van der Waals surface area (Å²) in [6, 6.07) is 7.36. The molecule has 0 aromatic heterocycles. The van der Waals surface area contributed by atoms with Crippen molar-refractivity contribution in [1.29, 1.82) is 0 Å². The van der Waals surface area contributed by atoms with Gasteiger partial charge in [-0.25, -0.2) is 0 Å². The first kappa shape index (κ1) is 15.1. The van der Waals surface area contributed by atoms with Crippen LogP contribution in [0.15, 0.2) is 24.3 Å².